The molecule has 0 bridgehead atoms. The quantitative estimate of drug-likeness (QED) is 0.134. The predicted octanol–water partition coefficient (Wildman–Crippen LogP) is 5.77. The molecule has 3 aliphatic rings. The molecule has 3 aromatic rings. The molecule has 3 unspecified atom stereocenters. The highest BCUT2D eigenvalue weighted by molar-refractivity contribution is 6.01. The van der Waals surface area contributed by atoms with Gasteiger partial charge in [0.1, 0.15) is 28.8 Å². The zero-order valence-corrected chi connectivity index (χ0v) is 37.3. The molecule has 0 aliphatic carbocycles. The highest BCUT2D eigenvalue weighted by Gasteiger charge is 2.36. The van der Waals surface area contributed by atoms with E-state index in [9.17, 15) is 29.1 Å². The van der Waals surface area contributed by atoms with E-state index in [2.05, 4.69) is 44.2 Å². The molecule has 334 valence electrons. The number of aryl methyl sites for hydroxylation is 1. The first-order valence-electron chi connectivity index (χ1n) is 22.7. The van der Waals surface area contributed by atoms with Gasteiger partial charge >= 0.3 is 5.97 Å². The fraction of sp³-hybridized carbons (Fsp3) is 0.562. The van der Waals surface area contributed by atoms with Crippen LogP contribution in [0.3, 0.4) is 0 Å². The molecule has 62 heavy (non-hydrogen) atoms. The smallest absolute Gasteiger partial charge is 0.326 e. The monoisotopic (exact) mass is 851 g/mol. The predicted molar refractivity (Wildman–Crippen MR) is 239 cm³/mol. The van der Waals surface area contributed by atoms with Crippen LogP contribution in [0.25, 0.3) is 11.1 Å². The second-order valence-corrected chi connectivity index (χ2v) is 18.2. The summed E-state index contributed by atoms with van der Waals surface area (Å²) < 4.78 is 0. The van der Waals surface area contributed by atoms with Crippen LogP contribution in [0.4, 0.5) is 0 Å². The number of carbonyl (C=O) groups is 5. The minimum absolute atomic E-state index is 0.0149. The number of carbonyl (C=O) groups excluding carboxylic acids is 4. The number of nitrogens with one attached hydrogen (secondary N) is 2. The third-order valence-electron chi connectivity index (χ3n) is 12.4. The van der Waals surface area contributed by atoms with Crippen molar-refractivity contribution < 1.29 is 29.1 Å². The number of nitrogens with zero attached hydrogens (tertiary/aromatic N) is 6. The zero-order chi connectivity index (χ0) is 44.4. The lowest BCUT2D eigenvalue weighted by Gasteiger charge is -2.30. The Bertz CT molecular complexity index is 2050. The van der Waals surface area contributed by atoms with Crippen molar-refractivity contribution in [2.45, 2.75) is 111 Å². The molecule has 3 fully saturated rings. The summed E-state index contributed by atoms with van der Waals surface area (Å²) in [6.07, 6.45) is 8.15. The minimum atomic E-state index is -1.25. The summed E-state index contributed by atoms with van der Waals surface area (Å²) in [4.78, 5) is 87.1. The lowest BCUT2D eigenvalue weighted by atomic mass is 9.86. The Morgan fingerprint density at radius 3 is 1.90 bits per heavy atom. The number of amides is 4. The summed E-state index contributed by atoms with van der Waals surface area (Å²) in [7, 11) is 0. The van der Waals surface area contributed by atoms with Crippen LogP contribution in [0, 0.1) is 5.41 Å². The molecule has 0 radical (unpaired) electrons. The zero-order valence-electron chi connectivity index (χ0n) is 37.3. The summed E-state index contributed by atoms with van der Waals surface area (Å²) >= 11 is 0. The van der Waals surface area contributed by atoms with E-state index < -0.39 is 29.2 Å². The number of hydrogen-bond donors (Lipinski definition) is 3. The van der Waals surface area contributed by atoms with Gasteiger partial charge in [-0.05, 0) is 130 Å². The number of likely N-dealkylation sites (N-methyl/N-ethyl adjacent to an activating group) is 1. The Morgan fingerprint density at radius 1 is 0.774 bits per heavy atom. The number of hydrogen-bond acceptors (Lipinski definition) is 9. The largest absolute Gasteiger partial charge is 0.480 e. The van der Waals surface area contributed by atoms with Crippen LogP contribution in [0.2, 0.25) is 0 Å². The van der Waals surface area contributed by atoms with E-state index >= 15 is 0 Å². The summed E-state index contributed by atoms with van der Waals surface area (Å²) in [6.45, 7) is 16.2. The van der Waals surface area contributed by atoms with E-state index in [-0.39, 0.29) is 46.7 Å². The van der Waals surface area contributed by atoms with Crippen LogP contribution in [0.5, 0.6) is 0 Å². The number of benzene rings is 1. The number of pyridine rings is 2. The molecule has 3 atom stereocenters. The average Bonchev–Trinajstić information content (AvgIpc) is 4.07. The van der Waals surface area contributed by atoms with Gasteiger partial charge in [0, 0.05) is 44.8 Å². The maximum absolute atomic E-state index is 14.6. The van der Waals surface area contributed by atoms with Crippen LogP contribution in [0.1, 0.15) is 134 Å². The Kier molecular flexibility index (Phi) is 15.9. The molecule has 0 saturated carbocycles. The van der Waals surface area contributed by atoms with E-state index in [0.29, 0.717) is 43.7 Å². The normalized spacial score (nSPS) is 18.6. The first-order chi connectivity index (χ1) is 29.7. The molecule has 3 N–H and O–H groups in total. The number of carboxylic acid groups (broad SMARTS) is 1. The summed E-state index contributed by atoms with van der Waals surface area (Å²) in [6, 6.07) is 15.0. The first kappa shape index (κ1) is 46.3. The Morgan fingerprint density at radius 2 is 1.34 bits per heavy atom. The van der Waals surface area contributed by atoms with Crippen molar-refractivity contribution in [1.29, 1.82) is 0 Å². The van der Waals surface area contributed by atoms with Crippen molar-refractivity contribution in [1.82, 2.24) is 40.2 Å². The van der Waals surface area contributed by atoms with E-state index in [1.165, 1.54) is 6.07 Å². The van der Waals surface area contributed by atoms with Gasteiger partial charge in [0.2, 0.25) is 0 Å². The molecular weight excluding hydrogens is 785 g/mol. The summed E-state index contributed by atoms with van der Waals surface area (Å²) in [5.74, 6) is -3.03. The third kappa shape index (κ3) is 11.8. The van der Waals surface area contributed by atoms with Crippen molar-refractivity contribution in [3.63, 3.8) is 0 Å². The van der Waals surface area contributed by atoms with Crippen molar-refractivity contribution in [3.8, 4) is 11.1 Å². The van der Waals surface area contributed by atoms with Gasteiger partial charge in [0.25, 0.3) is 23.6 Å². The van der Waals surface area contributed by atoms with E-state index in [1.54, 1.807) is 39.0 Å². The lowest BCUT2D eigenvalue weighted by Crippen LogP contribution is -2.49. The second kappa shape index (κ2) is 21.2. The molecule has 1 aromatic carbocycles. The SMILES string of the molecule is CCCN(CC)CC1CCCN1C(=O)c1cc(-c2cc(C(=O)NCCCc3ccccc3)nc(C(=O)N3CCCC3CN3CCCC3)c2)cc(C(=O)NC(C(=O)O)C(C)(C)C)n1. The van der Waals surface area contributed by atoms with Gasteiger partial charge in [-0.1, -0.05) is 65.0 Å². The summed E-state index contributed by atoms with van der Waals surface area (Å²) in [5, 5.41) is 15.7. The third-order valence-corrected chi connectivity index (χ3v) is 12.4. The van der Waals surface area contributed by atoms with E-state index in [1.807, 2.05) is 40.1 Å². The van der Waals surface area contributed by atoms with Gasteiger partial charge < -0.3 is 35.3 Å². The van der Waals surface area contributed by atoms with Crippen molar-refractivity contribution in [2.24, 2.45) is 5.41 Å². The number of carboxylic acids is 1. The van der Waals surface area contributed by atoms with Crippen molar-refractivity contribution in [3.05, 3.63) is 82.9 Å². The van der Waals surface area contributed by atoms with Gasteiger partial charge in [0.15, 0.2) is 0 Å². The van der Waals surface area contributed by atoms with Gasteiger partial charge in [-0.3, -0.25) is 19.2 Å². The van der Waals surface area contributed by atoms with Gasteiger partial charge in [-0.25, -0.2) is 14.8 Å². The molecule has 5 heterocycles. The van der Waals surface area contributed by atoms with Crippen molar-refractivity contribution >= 4 is 29.6 Å². The Labute approximate surface area is 366 Å². The molecule has 3 saturated heterocycles. The fourth-order valence-electron chi connectivity index (χ4n) is 9.07. The molecule has 14 heteroatoms. The molecule has 0 spiro atoms. The highest BCUT2D eigenvalue weighted by Crippen LogP contribution is 2.29. The standard InChI is InChI=1S/C48H66N8O6/c1-6-22-53(7-2)31-36-19-14-25-55(36)46(60)41-30-35(28-39(51-41)44(58)52-42(47(61)62)48(3,4)5)34-27-38(43(57)49-21-13-18-33-16-9-8-10-17-33)50-40(29-34)45(59)56-26-15-20-37(56)32-54-23-11-12-24-54/h8-10,16-17,27-30,36-37,42H,6-7,11-15,18-26,31-32H2,1-5H3,(H,49,57)(H,52,58)(H,61,62). The van der Waals surface area contributed by atoms with Crippen LogP contribution in [0.15, 0.2) is 54.6 Å². The number of likely N-dealkylation sites (tertiary alicyclic amines) is 3. The maximum Gasteiger partial charge on any atom is 0.326 e. The van der Waals surface area contributed by atoms with Crippen LogP contribution in [-0.2, 0) is 11.2 Å². The van der Waals surface area contributed by atoms with E-state index in [4.69, 9.17) is 0 Å². The first-order valence-corrected chi connectivity index (χ1v) is 22.7. The van der Waals surface area contributed by atoms with E-state index in [0.717, 1.165) is 89.7 Å². The van der Waals surface area contributed by atoms with Crippen LogP contribution < -0.4 is 10.6 Å². The van der Waals surface area contributed by atoms with Crippen LogP contribution >= 0.6 is 0 Å². The van der Waals surface area contributed by atoms with Gasteiger partial charge in [-0.2, -0.15) is 0 Å². The molecule has 4 amide bonds. The molecule has 14 nitrogen and oxygen atoms in total. The second-order valence-electron chi connectivity index (χ2n) is 18.2. The topological polar surface area (TPSA) is 168 Å². The highest BCUT2D eigenvalue weighted by atomic mass is 16.4. The lowest BCUT2D eigenvalue weighted by molar-refractivity contribution is -0.142. The van der Waals surface area contributed by atoms with Crippen LogP contribution in [-0.4, -0.2) is 141 Å². The Hall–Kier alpha value is -5.21. The fourth-order valence-corrected chi connectivity index (χ4v) is 9.07. The molecule has 6 rings (SSSR count). The maximum atomic E-state index is 14.6. The Balaban J connectivity index is 1.39. The minimum Gasteiger partial charge on any atom is -0.480 e. The van der Waals surface area contributed by atoms with Gasteiger partial charge in [-0.15, -0.1) is 0 Å². The molecule has 2 aromatic heterocycles. The van der Waals surface area contributed by atoms with Crippen molar-refractivity contribution in [2.75, 3.05) is 58.9 Å². The number of aliphatic carboxylic acids is 1. The average molecular weight is 851 g/mol. The molecular formula is C48H66N8O6. The number of aromatic nitrogens is 2. The van der Waals surface area contributed by atoms with Gasteiger partial charge in [0.05, 0.1) is 0 Å². The molecule has 3 aliphatic heterocycles. The number of rotatable bonds is 18. The summed E-state index contributed by atoms with van der Waals surface area (Å²) in [5.41, 5.74) is 1.09.